The summed E-state index contributed by atoms with van der Waals surface area (Å²) in [5.41, 5.74) is 6.64. The first-order valence-electron chi connectivity index (χ1n) is 6.45. The highest BCUT2D eigenvalue weighted by Gasteiger charge is 2.33. The quantitative estimate of drug-likeness (QED) is 0.726. The van der Waals surface area contributed by atoms with Crippen LogP contribution in [0.4, 0.5) is 5.69 Å². The molecule has 2 rings (SSSR count). The predicted molar refractivity (Wildman–Crippen MR) is 75.6 cm³/mol. The minimum absolute atomic E-state index is 0.0155. The summed E-state index contributed by atoms with van der Waals surface area (Å²) in [5.74, 6) is -0.759. The standard InChI is InChI=1S/C14H19N3O3/c1-9-10(13(15)19)4-3-5-11(9)17-12(18)6-20-14(2)7-16-8-14/h3-5,16H,6-8H2,1-2H3,(H2,15,19)(H,17,18). The van der Waals surface area contributed by atoms with E-state index >= 15 is 0 Å². The Hall–Kier alpha value is -1.92. The van der Waals surface area contributed by atoms with Crippen molar-refractivity contribution in [2.45, 2.75) is 19.4 Å². The fraction of sp³-hybridized carbons (Fsp3) is 0.429. The smallest absolute Gasteiger partial charge is 0.250 e. The lowest BCUT2D eigenvalue weighted by Gasteiger charge is -2.38. The van der Waals surface area contributed by atoms with E-state index in [4.69, 9.17) is 10.5 Å². The van der Waals surface area contributed by atoms with Crippen molar-refractivity contribution in [3.8, 4) is 0 Å². The van der Waals surface area contributed by atoms with Gasteiger partial charge in [-0.25, -0.2) is 0 Å². The Morgan fingerprint density at radius 2 is 2.15 bits per heavy atom. The van der Waals surface area contributed by atoms with Crippen LogP contribution in [0, 0.1) is 6.92 Å². The summed E-state index contributed by atoms with van der Waals surface area (Å²) < 4.78 is 5.55. The molecule has 4 N–H and O–H groups in total. The summed E-state index contributed by atoms with van der Waals surface area (Å²) >= 11 is 0. The molecule has 1 fully saturated rings. The molecule has 1 aromatic carbocycles. The molecule has 0 unspecified atom stereocenters. The maximum atomic E-state index is 11.9. The zero-order valence-corrected chi connectivity index (χ0v) is 11.7. The zero-order valence-electron chi connectivity index (χ0n) is 11.7. The normalized spacial score (nSPS) is 16.3. The lowest BCUT2D eigenvalue weighted by Crippen LogP contribution is -2.59. The van der Waals surface area contributed by atoms with Crippen LogP contribution in [-0.2, 0) is 9.53 Å². The fourth-order valence-electron chi connectivity index (χ4n) is 2.04. The van der Waals surface area contributed by atoms with Gasteiger partial charge in [0, 0.05) is 24.3 Å². The van der Waals surface area contributed by atoms with Crippen LogP contribution < -0.4 is 16.4 Å². The Kier molecular flexibility index (Phi) is 4.06. The van der Waals surface area contributed by atoms with E-state index in [1.165, 1.54) is 0 Å². The van der Waals surface area contributed by atoms with Gasteiger partial charge in [-0.05, 0) is 31.5 Å². The molecular weight excluding hydrogens is 258 g/mol. The van der Waals surface area contributed by atoms with Gasteiger partial charge in [-0.2, -0.15) is 0 Å². The first kappa shape index (κ1) is 14.5. The fourth-order valence-corrected chi connectivity index (χ4v) is 2.04. The van der Waals surface area contributed by atoms with Gasteiger partial charge in [-0.3, -0.25) is 9.59 Å². The first-order valence-corrected chi connectivity index (χ1v) is 6.45. The molecule has 0 spiro atoms. The zero-order chi connectivity index (χ0) is 14.8. The number of anilines is 1. The summed E-state index contributed by atoms with van der Waals surface area (Å²) in [6, 6.07) is 5.04. The van der Waals surface area contributed by atoms with Crippen molar-refractivity contribution in [3.05, 3.63) is 29.3 Å². The minimum atomic E-state index is -0.511. The number of nitrogens with one attached hydrogen (secondary N) is 2. The lowest BCUT2D eigenvalue weighted by molar-refractivity contribution is -0.130. The second kappa shape index (κ2) is 5.60. The molecule has 6 nitrogen and oxygen atoms in total. The number of primary amides is 1. The Balaban J connectivity index is 1.97. The van der Waals surface area contributed by atoms with Crippen LogP contribution in [-0.4, -0.2) is 37.1 Å². The van der Waals surface area contributed by atoms with Crippen LogP contribution in [0.15, 0.2) is 18.2 Å². The SMILES string of the molecule is Cc1c(NC(=O)COC2(C)CNC2)cccc1C(N)=O. The number of carbonyl (C=O) groups excluding carboxylic acids is 2. The average molecular weight is 277 g/mol. The third kappa shape index (κ3) is 3.15. The summed E-state index contributed by atoms with van der Waals surface area (Å²) in [6.45, 7) is 5.18. The number of hydrogen-bond donors (Lipinski definition) is 3. The third-order valence-corrected chi connectivity index (χ3v) is 3.42. The third-order valence-electron chi connectivity index (χ3n) is 3.42. The van der Waals surface area contributed by atoms with Crippen LogP contribution in [0.3, 0.4) is 0 Å². The molecule has 0 atom stereocenters. The van der Waals surface area contributed by atoms with Gasteiger partial charge >= 0.3 is 0 Å². The molecule has 0 bridgehead atoms. The first-order chi connectivity index (χ1) is 9.41. The lowest BCUT2D eigenvalue weighted by atomic mass is 10.0. The van der Waals surface area contributed by atoms with Crippen LogP contribution in [0.1, 0.15) is 22.8 Å². The predicted octanol–water partition coefficient (Wildman–Crippen LogP) is 0.411. The van der Waals surface area contributed by atoms with Crippen LogP contribution in [0.2, 0.25) is 0 Å². The van der Waals surface area contributed by atoms with Crippen LogP contribution >= 0.6 is 0 Å². The maximum Gasteiger partial charge on any atom is 0.250 e. The Morgan fingerprint density at radius 1 is 1.45 bits per heavy atom. The van der Waals surface area contributed by atoms with Gasteiger partial charge < -0.3 is 21.1 Å². The molecule has 2 amide bonds. The number of carbonyl (C=O) groups is 2. The van der Waals surface area contributed by atoms with E-state index in [-0.39, 0.29) is 18.1 Å². The summed E-state index contributed by atoms with van der Waals surface area (Å²) in [6.07, 6.45) is 0. The van der Waals surface area contributed by atoms with Crippen molar-refractivity contribution >= 4 is 17.5 Å². The van der Waals surface area contributed by atoms with Gasteiger partial charge in [0.15, 0.2) is 0 Å². The molecule has 0 saturated carbocycles. The Bertz CT molecular complexity index is 538. The average Bonchev–Trinajstić information content (AvgIpc) is 2.36. The van der Waals surface area contributed by atoms with Crippen LogP contribution in [0.5, 0.6) is 0 Å². The molecule has 1 saturated heterocycles. The van der Waals surface area contributed by atoms with E-state index < -0.39 is 5.91 Å². The van der Waals surface area contributed by atoms with Crippen molar-refractivity contribution < 1.29 is 14.3 Å². The summed E-state index contributed by atoms with van der Waals surface area (Å²) in [7, 11) is 0. The summed E-state index contributed by atoms with van der Waals surface area (Å²) in [4.78, 5) is 23.1. The van der Waals surface area contributed by atoms with Gasteiger partial charge in [-0.1, -0.05) is 6.07 Å². The molecular formula is C14H19N3O3. The Morgan fingerprint density at radius 3 is 2.70 bits per heavy atom. The van der Waals surface area contributed by atoms with E-state index in [9.17, 15) is 9.59 Å². The minimum Gasteiger partial charge on any atom is -0.366 e. The molecule has 0 aromatic heterocycles. The number of hydrogen-bond acceptors (Lipinski definition) is 4. The van der Waals surface area contributed by atoms with Gasteiger partial charge in [0.2, 0.25) is 11.8 Å². The summed E-state index contributed by atoms with van der Waals surface area (Å²) in [5, 5.41) is 5.83. The van der Waals surface area contributed by atoms with Gasteiger partial charge in [-0.15, -0.1) is 0 Å². The molecule has 108 valence electrons. The molecule has 6 heteroatoms. The monoisotopic (exact) mass is 277 g/mol. The number of ether oxygens (including phenoxy) is 1. The number of amides is 2. The highest BCUT2D eigenvalue weighted by Crippen LogP contribution is 2.19. The van der Waals surface area contributed by atoms with Gasteiger partial charge in [0.25, 0.3) is 0 Å². The second-order valence-corrected chi connectivity index (χ2v) is 5.23. The van der Waals surface area contributed by atoms with Crippen molar-refractivity contribution in [3.63, 3.8) is 0 Å². The van der Waals surface area contributed by atoms with E-state index in [1.54, 1.807) is 25.1 Å². The molecule has 1 aliphatic rings. The largest absolute Gasteiger partial charge is 0.366 e. The van der Waals surface area contributed by atoms with Crippen molar-refractivity contribution in [1.29, 1.82) is 0 Å². The van der Waals surface area contributed by atoms with E-state index in [0.29, 0.717) is 16.8 Å². The van der Waals surface area contributed by atoms with E-state index in [0.717, 1.165) is 13.1 Å². The van der Waals surface area contributed by atoms with Crippen molar-refractivity contribution in [2.75, 3.05) is 25.0 Å². The maximum absolute atomic E-state index is 11.9. The number of nitrogens with two attached hydrogens (primary N) is 1. The number of benzene rings is 1. The highest BCUT2D eigenvalue weighted by molar-refractivity contribution is 5.98. The molecule has 0 radical (unpaired) electrons. The topological polar surface area (TPSA) is 93.4 Å². The van der Waals surface area contributed by atoms with Crippen LogP contribution in [0.25, 0.3) is 0 Å². The van der Waals surface area contributed by atoms with E-state index in [2.05, 4.69) is 10.6 Å². The molecule has 1 aromatic rings. The molecule has 20 heavy (non-hydrogen) atoms. The van der Waals surface area contributed by atoms with Gasteiger partial charge in [0.05, 0.1) is 5.60 Å². The Labute approximate surface area is 117 Å². The second-order valence-electron chi connectivity index (χ2n) is 5.23. The van der Waals surface area contributed by atoms with E-state index in [1.807, 2.05) is 6.92 Å². The van der Waals surface area contributed by atoms with Crippen molar-refractivity contribution in [1.82, 2.24) is 5.32 Å². The van der Waals surface area contributed by atoms with Crippen molar-refractivity contribution in [2.24, 2.45) is 5.73 Å². The molecule has 1 aliphatic heterocycles. The molecule has 1 heterocycles. The van der Waals surface area contributed by atoms with Gasteiger partial charge in [0.1, 0.15) is 6.61 Å². The number of rotatable bonds is 5. The molecule has 0 aliphatic carbocycles. The highest BCUT2D eigenvalue weighted by atomic mass is 16.5.